The summed E-state index contributed by atoms with van der Waals surface area (Å²) in [4.78, 5) is 32.4. The summed E-state index contributed by atoms with van der Waals surface area (Å²) in [6.07, 6.45) is 4.08. The number of H-pyrrole nitrogens is 1. The SMILES string of the molecule is COC(=O)Nc1ccc(-c2nc([C@H](Cc3ccc(F)cc3)NC(=O)C=Cc3cc(Cl)ccc3-n3cnnn3)[nH]c2Cl)cc1. The summed E-state index contributed by atoms with van der Waals surface area (Å²) in [7, 11) is 1.27. The Kier molecular flexibility index (Phi) is 9.08. The van der Waals surface area contributed by atoms with Crippen molar-refractivity contribution in [2.45, 2.75) is 12.5 Å². The first-order valence-electron chi connectivity index (χ1n) is 12.8. The molecule has 0 aliphatic rings. The van der Waals surface area contributed by atoms with Gasteiger partial charge in [0.15, 0.2) is 0 Å². The molecule has 3 aromatic carbocycles. The van der Waals surface area contributed by atoms with E-state index in [4.69, 9.17) is 23.2 Å². The molecule has 0 fully saturated rings. The van der Waals surface area contributed by atoms with Gasteiger partial charge in [0.1, 0.15) is 28.8 Å². The fourth-order valence-electron chi connectivity index (χ4n) is 4.20. The zero-order valence-electron chi connectivity index (χ0n) is 22.5. The number of tetrazole rings is 1. The molecule has 0 saturated carbocycles. The smallest absolute Gasteiger partial charge is 0.411 e. The lowest BCUT2D eigenvalue weighted by molar-refractivity contribution is -0.117. The average molecular weight is 621 g/mol. The molecule has 1 atom stereocenters. The van der Waals surface area contributed by atoms with Gasteiger partial charge < -0.3 is 15.0 Å². The van der Waals surface area contributed by atoms with Gasteiger partial charge in [-0.3, -0.25) is 10.1 Å². The maximum atomic E-state index is 13.6. The third-order valence-corrected chi connectivity index (χ3v) is 6.78. The molecule has 218 valence electrons. The van der Waals surface area contributed by atoms with E-state index >= 15 is 0 Å². The van der Waals surface area contributed by atoms with E-state index in [1.54, 1.807) is 60.7 Å². The van der Waals surface area contributed by atoms with E-state index in [0.29, 0.717) is 39.0 Å². The second-order valence-corrected chi connectivity index (χ2v) is 9.98. The Balaban J connectivity index is 1.40. The van der Waals surface area contributed by atoms with Crippen molar-refractivity contribution in [1.82, 2.24) is 35.5 Å². The lowest BCUT2D eigenvalue weighted by atomic mass is 10.0. The Bertz CT molecular complexity index is 1760. The summed E-state index contributed by atoms with van der Waals surface area (Å²) in [5, 5.41) is 17.5. The van der Waals surface area contributed by atoms with Gasteiger partial charge in [-0.2, -0.15) is 4.68 Å². The second-order valence-electron chi connectivity index (χ2n) is 9.16. The Hall–Kier alpha value is -5.07. The van der Waals surface area contributed by atoms with Gasteiger partial charge in [-0.25, -0.2) is 14.2 Å². The van der Waals surface area contributed by atoms with E-state index in [-0.39, 0.29) is 17.4 Å². The zero-order valence-corrected chi connectivity index (χ0v) is 24.0. The molecule has 2 amide bonds. The molecule has 0 saturated heterocycles. The van der Waals surface area contributed by atoms with Crippen molar-refractivity contribution >= 4 is 47.0 Å². The van der Waals surface area contributed by atoms with Crippen LogP contribution in [0.2, 0.25) is 10.2 Å². The third-order valence-electron chi connectivity index (χ3n) is 6.27. The van der Waals surface area contributed by atoms with E-state index < -0.39 is 18.0 Å². The van der Waals surface area contributed by atoms with E-state index in [1.165, 1.54) is 36.3 Å². The number of aromatic amines is 1. The van der Waals surface area contributed by atoms with Crippen LogP contribution in [0.15, 0.2) is 79.1 Å². The van der Waals surface area contributed by atoms with E-state index in [1.807, 2.05) is 0 Å². The monoisotopic (exact) mass is 620 g/mol. The number of imidazole rings is 1. The number of rotatable bonds is 9. The largest absolute Gasteiger partial charge is 0.453 e. The highest BCUT2D eigenvalue weighted by Crippen LogP contribution is 2.30. The molecule has 43 heavy (non-hydrogen) atoms. The number of methoxy groups -OCH3 is 1. The molecule has 0 bridgehead atoms. The third kappa shape index (κ3) is 7.42. The molecule has 0 aliphatic heterocycles. The van der Waals surface area contributed by atoms with Crippen molar-refractivity contribution in [2.24, 2.45) is 0 Å². The first kappa shape index (κ1) is 29.4. The molecule has 11 nitrogen and oxygen atoms in total. The van der Waals surface area contributed by atoms with Crippen molar-refractivity contribution in [1.29, 1.82) is 0 Å². The van der Waals surface area contributed by atoms with Gasteiger partial charge in [0.25, 0.3) is 0 Å². The number of halogens is 3. The van der Waals surface area contributed by atoms with Crippen molar-refractivity contribution in [3.05, 3.63) is 112 Å². The first-order valence-corrected chi connectivity index (χ1v) is 13.5. The molecular formula is C29H23Cl2FN8O3. The number of aromatic nitrogens is 6. The number of nitrogens with zero attached hydrogens (tertiary/aromatic N) is 5. The van der Waals surface area contributed by atoms with Gasteiger partial charge in [-0.15, -0.1) is 5.10 Å². The summed E-state index contributed by atoms with van der Waals surface area (Å²) in [5.74, 6) is -0.414. The maximum absolute atomic E-state index is 13.6. The van der Waals surface area contributed by atoms with Crippen molar-refractivity contribution in [3.8, 4) is 16.9 Å². The number of carbonyl (C=O) groups is 2. The fourth-order valence-corrected chi connectivity index (χ4v) is 4.63. The van der Waals surface area contributed by atoms with Crippen LogP contribution >= 0.6 is 23.2 Å². The minimum absolute atomic E-state index is 0.252. The Morgan fingerprint density at radius 2 is 1.86 bits per heavy atom. The highest BCUT2D eigenvalue weighted by Gasteiger charge is 2.21. The standard InChI is InChI=1S/C29H23Cl2FN8O3/c1-43-29(42)34-22-10-4-18(5-11-22)26-27(31)37-28(36-26)23(14-17-2-8-21(32)9-3-17)35-25(41)13-6-19-15-20(30)7-12-24(19)40-16-33-38-39-40/h2-13,15-16,23H,14H2,1H3,(H,34,42)(H,35,41)(H,36,37)/t23-/m0/s1. The molecule has 0 aliphatic carbocycles. The van der Waals surface area contributed by atoms with Crippen LogP contribution in [0.3, 0.4) is 0 Å². The van der Waals surface area contributed by atoms with Crippen molar-refractivity contribution < 1.29 is 18.7 Å². The quantitative estimate of drug-likeness (QED) is 0.177. The van der Waals surface area contributed by atoms with Crippen LogP contribution in [0.4, 0.5) is 14.9 Å². The number of hydrogen-bond donors (Lipinski definition) is 3. The highest BCUT2D eigenvalue weighted by atomic mass is 35.5. The molecule has 5 aromatic rings. The summed E-state index contributed by atoms with van der Waals surface area (Å²) in [6, 6.07) is 17.2. The second kappa shape index (κ2) is 13.3. The maximum Gasteiger partial charge on any atom is 0.411 e. The normalized spacial score (nSPS) is 11.8. The summed E-state index contributed by atoms with van der Waals surface area (Å²) < 4.78 is 19.6. The first-order chi connectivity index (χ1) is 20.8. The van der Waals surface area contributed by atoms with Crippen LogP contribution < -0.4 is 10.6 Å². The molecule has 0 radical (unpaired) electrons. The predicted octanol–water partition coefficient (Wildman–Crippen LogP) is 5.79. The highest BCUT2D eigenvalue weighted by molar-refractivity contribution is 6.32. The van der Waals surface area contributed by atoms with Crippen LogP contribution in [-0.2, 0) is 16.0 Å². The van der Waals surface area contributed by atoms with Gasteiger partial charge in [-0.05, 0) is 71.0 Å². The predicted molar refractivity (Wildman–Crippen MR) is 159 cm³/mol. The fraction of sp³-hybridized carbons (Fsp3) is 0.103. The topological polar surface area (TPSA) is 140 Å². The molecule has 2 heterocycles. The molecule has 3 N–H and O–H groups in total. The Morgan fingerprint density at radius 3 is 2.56 bits per heavy atom. The number of benzene rings is 3. The minimum Gasteiger partial charge on any atom is -0.453 e. The summed E-state index contributed by atoms with van der Waals surface area (Å²) in [5.41, 5.74) is 3.64. The molecule has 5 rings (SSSR count). The van der Waals surface area contributed by atoms with E-state index in [9.17, 15) is 14.0 Å². The minimum atomic E-state index is -0.660. The van der Waals surface area contributed by atoms with Gasteiger partial charge in [0, 0.05) is 27.9 Å². The van der Waals surface area contributed by atoms with Gasteiger partial charge >= 0.3 is 6.09 Å². The van der Waals surface area contributed by atoms with Crippen LogP contribution in [0.5, 0.6) is 0 Å². The van der Waals surface area contributed by atoms with E-state index in [2.05, 4.69) is 40.9 Å². The molecule has 0 unspecified atom stereocenters. The number of anilines is 1. The molecular weight excluding hydrogens is 598 g/mol. The van der Waals surface area contributed by atoms with Gasteiger partial charge in [-0.1, -0.05) is 47.5 Å². The summed E-state index contributed by atoms with van der Waals surface area (Å²) in [6.45, 7) is 0. The van der Waals surface area contributed by atoms with Crippen molar-refractivity contribution in [3.63, 3.8) is 0 Å². The van der Waals surface area contributed by atoms with Crippen LogP contribution in [-0.4, -0.2) is 49.3 Å². The summed E-state index contributed by atoms with van der Waals surface area (Å²) >= 11 is 12.7. The van der Waals surface area contributed by atoms with Crippen LogP contribution in [0.1, 0.15) is 23.0 Å². The molecule has 0 spiro atoms. The Labute approximate surface area is 254 Å². The van der Waals surface area contributed by atoms with Crippen LogP contribution in [0, 0.1) is 5.82 Å². The zero-order chi connectivity index (χ0) is 30.3. The number of hydrogen-bond acceptors (Lipinski definition) is 7. The number of amides is 2. The van der Waals surface area contributed by atoms with Gasteiger partial charge in [0.05, 0.1) is 18.8 Å². The molecule has 14 heteroatoms. The molecule has 2 aromatic heterocycles. The number of carbonyl (C=O) groups excluding carboxylic acids is 2. The lowest BCUT2D eigenvalue weighted by Crippen LogP contribution is -2.29. The lowest BCUT2D eigenvalue weighted by Gasteiger charge is -2.16. The van der Waals surface area contributed by atoms with Gasteiger partial charge in [0.2, 0.25) is 5.91 Å². The Morgan fingerprint density at radius 1 is 1.09 bits per heavy atom. The van der Waals surface area contributed by atoms with Crippen molar-refractivity contribution in [2.75, 3.05) is 12.4 Å². The average Bonchev–Trinajstić information content (AvgIpc) is 3.68. The number of ether oxygens (including phenoxy) is 1. The van der Waals surface area contributed by atoms with E-state index in [0.717, 1.165) is 5.56 Å². The number of nitrogens with one attached hydrogen (secondary N) is 3. The van der Waals surface area contributed by atoms with Crippen LogP contribution in [0.25, 0.3) is 23.0 Å².